The van der Waals surface area contributed by atoms with Crippen molar-refractivity contribution in [3.63, 3.8) is 0 Å². The van der Waals surface area contributed by atoms with Crippen LogP contribution in [0.1, 0.15) is 67.2 Å². The van der Waals surface area contributed by atoms with Gasteiger partial charge in [-0.15, -0.1) is 0 Å². The van der Waals surface area contributed by atoms with E-state index in [0.717, 1.165) is 42.4 Å². The summed E-state index contributed by atoms with van der Waals surface area (Å²) in [5.41, 5.74) is 5.42. The zero-order valence-corrected chi connectivity index (χ0v) is 15.2. The third-order valence-corrected chi connectivity index (χ3v) is 4.05. The van der Waals surface area contributed by atoms with Crippen LogP contribution < -0.4 is 0 Å². The van der Waals surface area contributed by atoms with E-state index in [1.54, 1.807) is 0 Å². The van der Waals surface area contributed by atoms with Gasteiger partial charge >= 0.3 is 0 Å². The number of hydrogen-bond donors (Lipinski definition) is 2. The fraction of sp³-hybridized carbons (Fsp3) is 0.600. The topological polar surface area (TPSA) is 40.5 Å². The second-order valence-electron chi connectivity index (χ2n) is 6.31. The molecule has 126 valence electrons. The third kappa shape index (κ3) is 8.35. The van der Waals surface area contributed by atoms with Gasteiger partial charge in [-0.05, 0) is 78.4 Å². The molecule has 0 aromatic carbocycles. The molecule has 0 aromatic rings. The van der Waals surface area contributed by atoms with E-state index in [1.165, 1.54) is 11.1 Å². The van der Waals surface area contributed by atoms with Crippen LogP contribution in [0, 0.1) is 0 Å². The van der Waals surface area contributed by atoms with Crippen molar-refractivity contribution in [2.45, 2.75) is 73.3 Å². The Hall–Kier alpha value is -1.12. The van der Waals surface area contributed by atoms with Crippen molar-refractivity contribution in [2.24, 2.45) is 0 Å². The van der Waals surface area contributed by atoms with Gasteiger partial charge in [-0.25, -0.2) is 0 Å². The fourth-order valence-corrected chi connectivity index (χ4v) is 2.25. The van der Waals surface area contributed by atoms with Crippen molar-refractivity contribution in [1.82, 2.24) is 0 Å². The Kier molecular flexibility index (Phi) is 10.9. The summed E-state index contributed by atoms with van der Waals surface area (Å²) >= 11 is 0. The van der Waals surface area contributed by atoms with E-state index in [4.69, 9.17) is 0 Å². The lowest BCUT2D eigenvalue weighted by Crippen LogP contribution is -2.17. The molecule has 0 saturated heterocycles. The molecule has 0 fully saturated rings. The largest absolute Gasteiger partial charge is 0.392 e. The summed E-state index contributed by atoms with van der Waals surface area (Å²) in [5, 5.41) is 20.1. The molecule has 1 unspecified atom stereocenters. The standard InChI is InChI=1S/C20H34O2/c1-7-16(4)11-9-13-18(6)20(22)19(14-21)17(5)12-8-10-15(2)3/h7,10,13,20-22H,8-9,11-12,14H2,1-6H3. The van der Waals surface area contributed by atoms with E-state index in [9.17, 15) is 10.2 Å². The first-order valence-electron chi connectivity index (χ1n) is 8.22. The highest BCUT2D eigenvalue weighted by Crippen LogP contribution is 2.20. The molecule has 0 saturated carbocycles. The van der Waals surface area contributed by atoms with Gasteiger partial charge in [0.15, 0.2) is 0 Å². The van der Waals surface area contributed by atoms with Crippen LogP contribution in [-0.4, -0.2) is 22.9 Å². The van der Waals surface area contributed by atoms with Crippen molar-refractivity contribution >= 4 is 0 Å². The van der Waals surface area contributed by atoms with E-state index in [-0.39, 0.29) is 6.61 Å². The Morgan fingerprint density at radius 2 is 1.55 bits per heavy atom. The van der Waals surface area contributed by atoms with E-state index in [0.29, 0.717) is 0 Å². The highest BCUT2D eigenvalue weighted by Gasteiger charge is 2.14. The molecule has 0 aliphatic carbocycles. The van der Waals surface area contributed by atoms with Crippen molar-refractivity contribution in [3.8, 4) is 0 Å². The van der Waals surface area contributed by atoms with Crippen molar-refractivity contribution in [3.05, 3.63) is 46.1 Å². The van der Waals surface area contributed by atoms with Gasteiger partial charge in [-0.3, -0.25) is 0 Å². The van der Waals surface area contributed by atoms with Crippen LogP contribution in [0.5, 0.6) is 0 Å². The van der Waals surface area contributed by atoms with Gasteiger partial charge in [-0.2, -0.15) is 0 Å². The normalized spacial score (nSPS) is 15.5. The Labute approximate surface area is 137 Å². The number of aliphatic hydroxyl groups is 2. The molecule has 0 aliphatic rings. The first-order chi connectivity index (χ1) is 10.3. The molecule has 0 spiro atoms. The zero-order valence-electron chi connectivity index (χ0n) is 15.2. The maximum atomic E-state index is 10.5. The summed E-state index contributed by atoms with van der Waals surface area (Å²) in [6, 6.07) is 0. The predicted octanol–water partition coefficient (Wildman–Crippen LogP) is 5.10. The summed E-state index contributed by atoms with van der Waals surface area (Å²) in [7, 11) is 0. The minimum absolute atomic E-state index is 0.0824. The van der Waals surface area contributed by atoms with E-state index >= 15 is 0 Å². The van der Waals surface area contributed by atoms with Crippen LogP contribution in [0.15, 0.2) is 46.1 Å². The highest BCUT2D eigenvalue weighted by atomic mass is 16.3. The number of aliphatic hydroxyl groups excluding tert-OH is 2. The maximum absolute atomic E-state index is 10.5. The first kappa shape index (κ1) is 20.9. The van der Waals surface area contributed by atoms with Gasteiger partial charge in [-0.1, -0.05) is 34.9 Å². The summed E-state index contributed by atoms with van der Waals surface area (Å²) in [5.74, 6) is 0. The van der Waals surface area contributed by atoms with Crippen molar-refractivity contribution in [2.75, 3.05) is 6.61 Å². The third-order valence-electron chi connectivity index (χ3n) is 4.05. The van der Waals surface area contributed by atoms with Gasteiger partial charge in [0.1, 0.15) is 0 Å². The van der Waals surface area contributed by atoms with Gasteiger partial charge in [0.25, 0.3) is 0 Å². The van der Waals surface area contributed by atoms with E-state index in [1.807, 2.05) is 20.8 Å². The smallest absolute Gasteiger partial charge is 0.0982 e. The molecule has 0 aromatic heterocycles. The molecule has 0 aliphatic heterocycles. The Morgan fingerprint density at radius 1 is 0.955 bits per heavy atom. The summed E-state index contributed by atoms with van der Waals surface area (Å²) < 4.78 is 0. The lowest BCUT2D eigenvalue weighted by molar-refractivity contribution is 0.214. The summed E-state index contributed by atoms with van der Waals surface area (Å²) in [6.07, 6.45) is 9.49. The van der Waals surface area contributed by atoms with Gasteiger partial charge < -0.3 is 10.2 Å². The highest BCUT2D eigenvalue weighted by molar-refractivity contribution is 5.27. The van der Waals surface area contributed by atoms with E-state index < -0.39 is 6.10 Å². The molecule has 2 heteroatoms. The van der Waals surface area contributed by atoms with Crippen LogP contribution >= 0.6 is 0 Å². The molecule has 2 N–H and O–H groups in total. The van der Waals surface area contributed by atoms with Crippen LogP contribution in [0.25, 0.3) is 0 Å². The molecule has 0 bridgehead atoms. The zero-order chi connectivity index (χ0) is 17.1. The SMILES string of the molecule is CC=C(C)CCC=C(C)C(O)C(CO)=C(C)CCC=C(C)C. The molecule has 2 nitrogen and oxygen atoms in total. The second kappa shape index (κ2) is 11.4. The minimum atomic E-state index is -0.664. The maximum Gasteiger partial charge on any atom is 0.0982 e. The predicted molar refractivity (Wildman–Crippen MR) is 96.9 cm³/mol. The molecular weight excluding hydrogens is 272 g/mol. The van der Waals surface area contributed by atoms with Crippen LogP contribution in [-0.2, 0) is 0 Å². The minimum Gasteiger partial charge on any atom is -0.392 e. The van der Waals surface area contributed by atoms with E-state index in [2.05, 4.69) is 39.0 Å². The molecule has 0 heterocycles. The average molecular weight is 306 g/mol. The lowest BCUT2D eigenvalue weighted by Gasteiger charge is -2.17. The number of hydrogen-bond acceptors (Lipinski definition) is 2. The fourth-order valence-electron chi connectivity index (χ4n) is 2.25. The quantitative estimate of drug-likeness (QED) is 0.582. The lowest BCUT2D eigenvalue weighted by atomic mass is 9.95. The molecule has 0 amide bonds. The summed E-state index contributed by atoms with van der Waals surface area (Å²) in [6.45, 7) is 12.2. The Balaban J connectivity index is 4.83. The molecular formula is C20H34O2. The van der Waals surface area contributed by atoms with Crippen LogP contribution in [0.2, 0.25) is 0 Å². The van der Waals surface area contributed by atoms with Crippen LogP contribution in [0.3, 0.4) is 0 Å². The van der Waals surface area contributed by atoms with Gasteiger partial charge in [0.2, 0.25) is 0 Å². The number of rotatable bonds is 9. The van der Waals surface area contributed by atoms with Gasteiger partial charge in [0.05, 0.1) is 12.7 Å². The van der Waals surface area contributed by atoms with Gasteiger partial charge in [0, 0.05) is 0 Å². The van der Waals surface area contributed by atoms with Crippen molar-refractivity contribution < 1.29 is 10.2 Å². The second-order valence-corrected chi connectivity index (χ2v) is 6.31. The summed E-state index contributed by atoms with van der Waals surface area (Å²) in [4.78, 5) is 0. The molecule has 0 radical (unpaired) electrons. The molecule has 1 atom stereocenters. The average Bonchev–Trinajstić information content (AvgIpc) is 2.46. The Morgan fingerprint density at radius 3 is 2.05 bits per heavy atom. The molecule has 22 heavy (non-hydrogen) atoms. The molecule has 0 rings (SSSR count). The number of allylic oxidation sites excluding steroid dienone is 6. The Bertz CT molecular complexity index is 446. The van der Waals surface area contributed by atoms with Crippen molar-refractivity contribution in [1.29, 1.82) is 0 Å². The van der Waals surface area contributed by atoms with Crippen LogP contribution in [0.4, 0.5) is 0 Å². The first-order valence-corrected chi connectivity index (χ1v) is 8.22. The monoisotopic (exact) mass is 306 g/mol.